The van der Waals surface area contributed by atoms with Crippen LogP contribution >= 0.6 is 15.9 Å². The molecule has 33 heavy (non-hydrogen) atoms. The lowest BCUT2D eigenvalue weighted by Gasteiger charge is -2.44. The summed E-state index contributed by atoms with van der Waals surface area (Å²) >= 11 is 3.48. The van der Waals surface area contributed by atoms with E-state index in [-0.39, 0.29) is 36.3 Å². The zero-order valence-corrected chi connectivity index (χ0v) is 20.6. The average molecular weight is 513 g/mol. The van der Waals surface area contributed by atoms with Crippen LogP contribution in [0, 0.1) is 6.92 Å². The van der Waals surface area contributed by atoms with E-state index < -0.39 is 0 Å². The summed E-state index contributed by atoms with van der Waals surface area (Å²) in [6.07, 6.45) is 5.48. The average Bonchev–Trinajstić information content (AvgIpc) is 2.81. The maximum absolute atomic E-state index is 13.4. The normalized spacial score (nSPS) is 21.4. The highest BCUT2D eigenvalue weighted by atomic mass is 79.9. The smallest absolute Gasteiger partial charge is 0.289 e. The number of fused-ring (bicyclic) bond motifs is 1. The van der Waals surface area contributed by atoms with Crippen molar-refractivity contribution in [2.75, 3.05) is 13.7 Å². The predicted molar refractivity (Wildman–Crippen MR) is 131 cm³/mol. The molecule has 1 N–H and O–H groups in total. The Labute approximate surface area is 203 Å². The minimum absolute atomic E-state index is 0.0267. The van der Waals surface area contributed by atoms with Gasteiger partial charge in [0.2, 0.25) is 5.91 Å². The van der Waals surface area contributed by atoms with Crippen LogP contribution in [-0.2, 0) is 20.9 Å². The quantitative estimate of drug-likeness (QED) is 0.574. The molecule has 0 spiro atoms. The van der Waals surface area contributed by atoms with E-state index in [0.29, 0.717) is 12.3 Å². The van der Waals surface area contributed by atoms with Gasteiger partial charge in [-0.3, -0.25) is 9.59 Å². The van der Waals surface area contributed by atoms with Crippen LogP contribution in [0.5, 0.6) is 5.75 Å². The molecule has 2 unspecified atom stereocenters. The van der Waals surface area contributed by atoms with Crippen LogP contribution in [0.4, 0.5) is 0 Å². The van der Waals surface area contributed by atoms with E-state index in [1.807, 2.05) is 49.4 Å². The van der Waals surface area contributed by atoms with Crippen LogP contribution < -0.4 is 10.1 Å². The van der Waals surface area contributed by atoms with Gasteiger partial charge in [0.05, 0.1) is 17.6 Å². The van der Waals surface area contributed by atoms with Crippen LogP contribution in [0.3, 0.4) is 0 Å². The number of carbonyl (C=O) groups excluding carboxylic acids is 2. The van der Waals surface area contributed by atoms with Crippen molar-refractivity contribution in [3.05, 3.63) is 69.4 Å². The Balaban J connectivity index is 1.50. The Morgan fingerprint density at radius 2 is 1.97 bits per heavy atom. The fourth-order valence-corrected chi connectivity index (χ4v) is 4.96. The zero-order chi connectivity index (χ0) is 23.4. The van der Waals surface area contributed by atoms with E-state index in [1.165, 1.54) is 5.56 Å². The van der Waals surface area contributed by atoms with Crippen LogP contribution in [0.25, 0.3) is 6.08 Å². The lowest BCUT2D eigenvalue weighted by molar-refractivity contribution is -0.151. The first-order valence-electron chi connectivity index (χ1n) is 11.3. The Bertz CT molecular complexity index is 1050. The molecule has 1 saturated heterocycles. The van der Waals surface area contributed by atoms with Crippen molar-refractivity contribution >= 4 is 33.8 Å². The van der Waals surface area contributed by atoms with Crippen molar-refractivity contribution in [2.45, 2.75) is 51.3 Å². The highest BCUT2D eigenvalue weighted by molar-refractivity contribution is 9.10. The molecule has 6 nitrogen and oxygen atoms in total. The molecular formula is C26H29BrN2O4. The van der Waals surface area contributed by atoms with Crippen molar-refractivity contribution in [3.63, 3.8) is 0 Å². The van der Waals surface area contributed by atoms with Gasteiger partial charge in [-0.05, 0) is 71.5 Å². The number of halogens is 1. The molecular weight excluding hydrogens is 484 g/mol. The molecule has 1 saturated carbocycles. The second kappa shape index (κ2) is 10.4. The van der Waals surface area contributed by atoms with Crippen molar-refractivity contribution < 1.29 is 19.1 Å². The summed E-state index contributed by atoms with van der Waals surface area (Å²) in [4.78, 5) is 27.8. The lowest BCUT2D eigenvalue weighted by Crippen LogP contribution is -2.57. The largest absolute Gasteiger partial charge is 0.496 e. The number of carbonyl (C=O) groups is 2. The van der Waals surface area contributed by atoms with Gasteiger partial charge in [-0.2, -0.15) is 0 Å². The SMILES string of the molecule is COc1ccc(/C=C2\OC3CCCCC3N(CC(=O)NCc3ccc(C)cc3)C2=O)cc1Br. The number of morpholine rings is 1. The van der Waals surface area contributed by atoms with E-state index in [9.17, 15) is 9.59 Å². The molecule has 1 heterocycles. The van der Waals surface area contributed by atoms with Gasteiger partial charge in [-0.15, -0.1) is 0 Å². The van der Waals surface area contributed by atoms with Gasteiger partial charge >= 0.3 is 0 Å². The molecule has 2 amide bonds. The minimum atomic E-state index is -0.240. The molecule has 2 fully saturated rings. The van der Waals surface area contributed by atoms with E-state index in [0.717, 1.165) is 41.3 Å². The Morgan fingerprint density at radius 3 is 2.70 bits per heavy atom. The summed E-state index contributed by atoms with van der Waals surface area (Å²) in [5, 5.41) is 2.95. The van der Waals surface area contributed by atoms with Gasteiger partial charge in [0.25, 0.3) is 5.91 Å². The molecule has 0 radical (unpaired) electrons. The third kappa shape index (κ3) is 5.58. The number of ether oxygens (including phenoxy) is 2. The van der Waals surface area contributed by atoms with Crippen molar-refractivity contribution in [2.24, 2.45) is 0 Å². The second-order valence-corrected chi connectivity index (χ2v) is 9.46. The van der Waals surface area contributed by atoms with Crippen LogP contribution in [0.15, 0.2) is 52.7 Å². The first kappa shape index (κ1) is 23.4. The maximum Gasteiger partial charge on any atom is 0.289 e. The molecule has 0 aromatic heterocycles. The van der Waals surface area contributed by atoms with Gasteiger partial charge in [0.15, 0.2) is 5.76 Å². The molecule has 2 atom stereocenters. The predicted octanol–water partition coefficient (Wildman–Crippen LogP) is 4.59. The van der Waals surface area contributed by atoms with Gasteiger partial charge in [0.1, 0.15) is 18.4 Å². The summed E-state index contributed by atoms with van der Waals surface area (Å²) in [5.74, 6) is 0.589. The number of hydrogen-bond donors (Lipinski definition) is 1. The first-order chi connectivity index (χ1) is 15.9. The van der Waals surface area contributed by atoms with Gasteiger partial charge in [0, 0.05) is 6.54 Å². The summed E-state index contributed by atoms with van der Waals surface area (Å²) in [6.45, 7) is 2.50. The fourth-order valence-electron chi connectivity index (χ4n) is 4.40. The number of aryl methyl sites for hydroxylation is 1. The molecule has 1 aliphatic heterocycles. The Hall–Kier alpha value is -2.80. The monoisotopic (exact) mass is 512 g/mol. The molecule has 2 aromatic carbocycles. The van der Waals surface area contributed by atoms with Crippen LogP contribution in [0.1, 0.15) is 42.4 Å². The number of benzene rings is 2. The first-order valence-corrected chi connectivity index (χ1v) is 12.1. The number of nitrogens with zero attached hydrogens (tertiary/aromatic N) is 1. The maximum atomic E-state index is 13.4. The third-order valence-corrected chi connectivity index (χ3v) is 6.84. The number of hydrogen-bond acceptors (Lipinski definition) is 4. The lowest BCUT2D eigenvalue weighted by atomic mass is 9.89. The van der Waals surface area contributed by atoms with Gasteiger partial charge < -0.3 is 19.7 Å². The van der Waals surface area contributed by atoms with Crippen molar-refractivity contribution in [3.8, 4) is 5.75 Å². The standard InChI is InChI=1S/C26H29BrN2O4/c1-17-7-9-18(10-8-17)15-28-25(30)16-29-21-5-3-4-6-23(21)33-24(26(29)31)14-19-11-12-22(32-2)20(27)13-19/h7-14,21,23H,3-6,15-16H2,1-2H3,(H,28,30)/b24-14-. The van der Waals surface area contributed by atoms with Crippen LogP contribution in [-0.4, -0.2) is 42.5 Å². The molecule has 1 aliphatic carbocycles. The third-order valence-electron chi connectivity index (χ3n) is 6.22. The Kier molecular flexibility index (Phi) is 7.38. The number of methoxy groups -OCH3 is 1. The number of nitrogens with one attached hydrogen (secondary N) is 1. The summed E-state index contributed by atoms with van der Waals surface area (Å²) in [6, 6.07) is 13.6. The Morgan fingerprint density at radius 1 is 1.21 bits per heavy atom. The molecule has 174 valence electrons. The molecule has 2 aromatic rings. The van der Waals surface area contributed by atoms with E-state index in [2.05, 4.69) is 21.2 Å². The van der Waals surface area contributed by atoms with Crippen LogP contribution in [0.2, 0.25) is 0 Å². The molecule has 2 aliphatic rings. The van der Waals surface area contributed by atoms with E-state index in [4.69, 9.17) is 9.47 Å². The fraction of sp³-hybridized carbons (Fsp3) is 0.385. The molecule has 7 heteroatoms. The topological polar surface area (TPSA) is 67.9 Å². The van der Waals surface area contributed by atoms with E-state index in [1.54, 1.807) is 18.1 Å². The summed E-state index contributed by atoms with van der Waals surface area (Å²) < 4.78 is 12.2. The number of amides is 2. The summed E-state index contributed by atoms with van der Waals surface area (Å²) in [5.41, 5.74) is 3.03. The van der Waals surface area contributed by atoms with Crippen molar-refractivity contribution in [1.82, 2.24) is 10.2 Å². The van der Waals surface area contributed by atoms with Gasteiger partial charge in [-0.25, -0.2) is 0 Å². The van der Waals surface area contributed by atoms with Gasteiger partial charge in [-0.1, -0.05) is 42.3 Å². The summed E-state index contributed by atoms with van der Waals surface area (Å²) in [7, 11) is 1.61. The van der Waals surface area contributed by atoms with Crippen molar-refractivity contribution in [1.29, 1.82) is 0 Å². The highest BCUT2D eigenvalue weighted by Gasteiger charge is 2.42. The molecule has 0 bridgehead atoms. The zero-order valence-electron chi connectivity index (χ0n) is 19.0. The number of rotatable bonds is 6. The minimum Gasteiger partial charge on any atom is -0.496 e. The second-order valence-electron chi connectivity index (χ2n) is 8.61. The molecule has 4 rings (SSSR count). The highest BCUT2D eigenvalue weighted by Crippen LogP contribution is 2.34. The van der Waals surface area contributed by atoms with E-state index >= 15 is 0 Å².